The standard InChI is InChI=1S/C15H24N4O2/c1-9(2)13-12(16)14(18-17-13)15(20)19(11-3-4-11)7-10-5-6-21-8-10/h9-11H,3-8,16H2,1-2H3,(H,17,18). The van der Waals surface area contributed by atoms with Gasteiger partial charge in [0.1, 0.15) is 0 Å². The molecule has 6 nitrogen and oxygen atoms in total. The minimum absolute atomic E-state index is 0.0370. The average Bonchev–Trinajstić information content (AvgIpc) is 3.01. The summed E-state index contributed by atoms with van der Waals surface area (Å²) in [6.45, 7) is 6.38. The maximum absolute atomic E-state index is 12.8. The third-order valence-corrected chi connectivity index (χ3v) is 4.34. The fraction of sp³-hybridized carbons (Fsp3) is 0.733. The number of ether oxygens (including phenoxy) is 1. The van der Waals surface area contributed by atoms with E-state index in [1.165, 1.54) is 0 Å². The summed E-state index contributed by atoms with van der Waals surface area (Å²) < 4.78 is 5.42. The monoisotopic (exact) mass is 292 g/mol. The highest BCUT2D eigenvalue weighted by molar-refractivity contribution is 5.98. The van der Waals surface area contributed by atoms with Crippen molar-refractivity contribution in [1.29, 1.82) is 0 Å². The number of nitrogens with two attached hydrogens (primary N) is 1. The predicted molar refractivity (Wildman–Crippen MR) is 80.1 cm³/mol. The molecule has 1 saturated carbocycles. The second kappa shape index (κ2) is 5.67. The summed E-state index contributed by atoms with van der Waals surface area (Å²) in [5, 5.41) is 7.09. The molecule has 0 spiro atoms. The Morgan fingerprint density at radius 3 is 2.76 bits per heavy atom. The number of rotatable bonds is 5. The summed E-state index contributed by atoms with van der Waals surface area (Å²) in [7, 11) is 0. The molecule has 2 aliphatic rings. The number of aromatic amines is 1. The molecular formula is C15H24N4O2. The molecule has 2 heterocycles. The Kier molecular flexibility index (Phi) is 3.89. The molecule has 0 aromatic carbocycles. The van der Waals surface area contributed by atoms with Crippen LogP contribution in [0.15, 0.2) is 0 Å². The second-order valence-electron chi connectivity index (χ2n) is 6.47. The second-order valence-corrected chi connectivity index (χ2v) is 6.47. The third kappa shape index (κ3) is 2.90. The van der Waals surface area contributed by atoms with Gasteiger partial charge in [0.25, 0.3) is 5.91 Å². The molecule has 2 fully saturated rings. The summed E-state index contributed by atoms with van der Waals surface area (Å²) in [5.41, 5.74) is 7.83. The van der Waals surface area contributed by atoms with Gasteiger partial charge in [0, 0.05) is 25.1 Å². The molecule has 21 heavy (non-hydrogen) atoms. The number of hydrogen-bond donors (Lipinski definition) is 2. The summed E-state index contributed by atoms with van der Waals surface area (Å²) >= 11 is 0. The number of nitrogens with one attached hydrogen (secondary N) is 1. The highest BCUT2D eigenvalue weighted by Gasteiger charge is 2.37. The Balaban J connectivity index is 1.77. The summed E-state index contributed by atoms with van der Waals surface area (Å²) in [4.78, 5) is 14.7. The average molecular weight is 292 g/mol. The van der Waals surface area contributed by atoms with E-state index in [1.807, 2.05) is 18.7 Å². The van der Waals surface area contributed by atoms with E-state index < -0.39 is 0 Å². The molecule has 3 rings (SSSR count). The predicted octanol–water partition coefficient (Wildman–Crippen LogP) is 1.76. The number of nitrogens with zero attached hydrogens (tertiary/aromatic N) is 2. The van der Waals surface area contributed by atoms with Gasteiger partial charge in [-0.2, -0.15) is 5.10 Å². The quantitative estimate of drug-likeness (QED) is 0.866. The van der Waals surface area contributed by atoms with Crippen molar-refractivity contribution in [2.75, 3.05) is 25.5 Å². The number of nitrogen functional groups attached to an aromatic ring is 1. The lowest BCUT2D eigenvalue weighted by Crippen LogP contribution is -2.38. The van der Waals surface area contributed by atoms with Crippen molar-refractivity contribution in [3.63, 3.8) is 0 Å². The lowest BCUT2D eigenvalue weighted by molar-refractivity contribution is 0.0701. The van der Waals surface area contributed by atoms with Crippen molar-refractivity contribution in [2.24, 2.45) is 5.92 Å². The van der Waals surface area contributed by atoms with Crippen LogP contribution in [0.2, 0.25) is 0 Å². The molecule has 1 aliphatic heterocycles. The van der Waals surface area contributed by atoms with E-state index in [2.05, 4.69) is 10.2 Å². The van der Waals surface area contributed by atoms with Gasteiger partial charge in [0.2, 0.25) is 0 Å². The van der Waals surface area contributed by atoms with Crippen LogP contribution >= 0.6 is 0 Å². The van der Waals surface area contributed by atoms with Gasteiger partial charge in [-0.1, -0.05) is 13.8 Å². The number of carbonyl (C=O) groups excluding carboxylic acids is 1. The fourth-order valence-electron chi connectivity index (χ4n) is 2.89. The topological polar surface area (TPSA) is 84.2 Å². The fourth-order valence-corrected chi connectivity index (χ4v) is 2.89. The minimum atomic E-state index is -0.0370. The van der Waals surface area contributed by atoms with Crippen molar-refractivity contribution in [3.8, 4) is 0 Å². The highest BCUT2D eigenvalue weighted by Crippen LogP contribution is 2.32. The van der Waals surface area contributed by atoms with Crippen molar-refractivity contribution in [1.82, 2.24) is 15.1 Å². The van der Waals surface area contributed by atoms with E-state index in [1.54, 1.807) is 0 Å². The Labute approximate surface area is 125 Å². The smallest absolute Gasteiger partial charge is 0.276 e. The van der Waals surface area contributed by atoms with E-state index in [9.17, 15) is 4.79 Å². The number of anilines is 1. The Hall–Kier alpha value is -1.56. The van der Waals surface area contributed by atoms with Crippen molar-refractivity contribution < 1.29 is 9.53 Å². The summed E-state index contributed by atoms with van der Waals surface area (Å²) in [6.07, 6.45) is 3.20. The molecule has 1 aromatic heterocycles. The van der Waals surface area contributed by atoms with Gasteiger partial charge in [0.05, 0.1) is 18.0 Å². The number of carbonyl (C=O) groups is 1. The van der Waals surface area contributed by atoms with Crippen LogP contribution in [0.1, 0.15) is 55.2 Å². The molecule has 0 radical (unpaired) electrons. The molecule has 1 atom stereocenters. The van der Waals surface area contributed by atoms with Gasteiger partial charge in [-0.15, -0.1) is 0 Å². The van der Waals surface area contributed by atoms with Crippen LogP contribution < -0.4 is 5.73 Å². The molecule has 1 aliphatic carbocycles. The zero-order valence-corrected chi connectivity index (χ0v) is 12.8. The highest BCUT2D eigenvalue weighted by atomic mass is 16.5. The zero-order chi connectivity index (χ0) is 15.0. The first-order valence-electron chi connectivity index (χ1n) is 7.80. The molecule has 3 N–H and O–H groups in total. The largest absolute Gasteiger partial charge is 0.395 e. The van der Waals surface area contributed by atoms with Crippen LogP contribution in [0.25, 0.3) is 0 Å². The van der Waals surface area contributed by atoms with E-state index in [4.69, 9.17) is 10.5 Å². The first-order chi connectivity index (χ1) is 10.1. The van der Waals surface area contributed by atoms with Crippen LogP contribution in [-0.2, 0) is 4.74 Å². The molecule has 1 amide bonds. The number of H-pyrrole nitrogens is 1. The van der Waals surface area contributed by atoms with E-state index in [0.29, 0.717) is 23.3 Å². The van der Waals surface area contributed by atoms with Crippen LogP contribution in [0.4, 0.5) is 5.69 Å². The molecule has 1 aromatic rings. The maximum Gasteiger partial charge on any atom is 0.276 e. The number of hydrogen-bond acceptors (Lipinski definition) is 4. The normalized spacial score (nSPS) is 22.0. The molecular weight excluding hydrogens is 268 g/mol. The van der Waals surface area contributed by atoms with Gasteiger partial charge in [-0.3, -0.25) is 9.89 Å². The molecule has 1 unspecified atom stereocenters. The molecule has 116 valence electrons. The zero-order valence-electron chi connectivity index (χ0n) is 12.8. The lowest BCUT2D eigenvalue weighted by Gasteiger charge is -2.24. The van der Waals surface area contributed by atoms with Crippen LogP contribution in [0.3, 0.4) is 0 Å². The SMILES string of the molecule is CC(C)c1[nH]nc(C(=O)N(CC2CCOC2)C2CC2)c1N. The first kappa shape index (κ1) is 14.4. The van der Waals surface area contributed by atoms with Crippen LogP contribution in [-0.4, -0.2) is 46.8 Å². The lowest BCUT2D eigenvalue weighted by atomic mass is 10.1. The Morgan fingerprint density at radius 1 is 1.48 bits per heavy atom. The first-order valence-corrected chi connectivity index (χ1v) is 7.80. The van der Waals surface area contributed by atoms with Gasteiger partial charge in [-0.05, 0) is 25.2 Å². The van der Waals surface area contributed by atoms with Crippen LogP contribution in [0.5, 0.6) is 0 Å². The van der Waals surface area contributed by atoms with Gasteiger partial charge in [0.15, 0.2) is 5.69 Å². The van der Waals surface area contributed by atoms with E-state index >= 15 is 0 Å². The molecule has 1 saturated heterocycles. The van der Waals surface area contributed by atoms with Crippen LogP contribution in [0, 0.1) is 5.92 Å². The summed E-state index contributed by atoms with van der Waals surface area (Å²) in [5.74, 6) is 0.640. The minimum Gasteiger partial charge on any atom is -0.395 e. The molecule has 0 bridgehead atoms. The van der Waals surface area contributed by atoms with Gasteiger partial charge < -0.3 is 15.4 Å². The van der Waals surface area contributed by atoms with Crippen molar-refractivity contribution in [2.45, 2.75) is 45.1 Å². The van der Waals surface area contributed by atoms with Crippen molar-refractivity contribution in [3.05, 3.63) is 11.4 Å². The van der Waals surface area contributed by atoms with Crippen molar-refractivity contribution >= 4 is 11.6 Å². The Morgan fingerprint density at radius 2 is 2.24 bits per heavy atom. The maximum atomic E-state index is 12.8. The van der Waals surface area contributed by atoms with Gasteiger partial charge >= 0.3 is 0 Å². The number of aromatic nitrogens is 2. The molecule has 6 heteroatoms. The van der Waals surface area contributed by atoms with E-state index in [0.717, 1.165) is 44.7 Å². The number of amides is 1. The Bertz CT molecular complexity index is 516. The van der Waals surface area contributed by atoms with Gasteiger partial charge in [-0.25, -0.2) is 0 Å². The third-order valence-electron chi connectivity index (χ3n) is 4.34. The van der Waals surface area contributed by atoms with E-state index in [-0.39, 0.29) is 11.8 Å². The summed E-state index contributed by atoms with van der Waals surface area (Å²) in [6, 6.07) is 0.358.